The van der Waals surface area contributed by atoms with E-state index in [9.17, 15) is 19.2 Å². The number of anilines is 1. The van der Waals surface area contributed by atoms with Crippen LogP contribution in [-0.4, -0.2) is 33.9 Å². The summed E-state index contributed by atoms with van der Waals surface area (Å²) in [6.07, 6.45) is -1.18. The predicted molar refractivity (Wildman–Crippen MR) is 102 cm³/mol. The van der Waals surface area contributed by atoms with Crippen molar-refractivity contribution in [3.05, 3.63) is 59.9 Å². The summed E-state index contributed by atoms with van der Waals surface area (Å²) in [5.74, 6) is -2.42. The summed E-state index contributed by atoms with van der Waals surface area (Å²) in [4.78, 5) is 49.6. The number of carbonyl (C=O) groups is 4. The highest BCUT2D eigenvalue weighted by atomic mass is 32.1. The molecule has 11 heteroatoms. The van der Waals surface area contributed by atoms with Gasteiger partial charge in [0.1, 0.15) is 10.7 Å². The number of hydrogen-bond acceptors (Lipinski definition) is 6. The van der Waals surface area contributed by atoms with Gasteiger partial charge in [-0.05, 0) is 24.3 Å². The summed E-state index contributed by atoms with van der Waals surface area (Å²) in [6.45, 7) is 6.68. The maximum Gasteiger partial charge on any atom is 0.409 e. The van der Waals surface area contributed by atoms with Crippen LogP contribution in [-0.2, 0) is 9.59 Å². The normalized spacial score (nSPS) is 9.86. The molecule has 2 aromatic rings. The van der Waals surface area contributed by atoms with Crippen LogP contribution in [0.15, 0.2) is 54.2 Å². The van der Waals surface area contributed by atoms with Crippen molar-refractivity contribution in [2.45, 2.75) is 0 Å². The summed E-state index contributed by atoms with van der Waals surface area (Å²) in [5, 5.41) is 17.3. The van der Waals surface area contributed by atoms with Gasteiger partial charge in [0, 0.05) is 16.6 Å². The Balaban J connectivity index is 2.02. The van der Waals surface area contributed by atoms with E-state index >= 15 is 0 Å². The summed E-state index contributed by atoms with van der Waals surface area (Å²) >= 11 is 1.19. The highest BCUT2D eigenvalue weighted by molar-refractivity contribution is 7.13. The van der Waals surface area contributed by atoms with Crippen LogP contribution in [0.5, 0.6) is 0 Å². The average Bonchev–Trinajstić information content (AvgIpc) is 3.11. The zero-order valence-electron chi connectivity index (χ0n) is 14.3. The highest BCUT2D eigenvalue weighted by Gasteiger charge is 2.17. The van der Waals surface area contributed by atoms with Gasteiger partial charge >= 0.3 is 6.09 Å². The molecule has 1 aromatic heterocycles. The van der Waals surface area contributed by atoms with Crippen LogP contribution < -0.4 is 21.7 Å². The lowest BCUT2D eigenvalue weighted by Gasteiger charge is -2.08. The Kier molecular flexibility index (Phi) is 6.24. The maximum atomic E-state index is 12.2. The van der Waals surface area contributed by atoms with Gasteiger partial charge in [0.05, 0.1) is 11.4 Å². The Morgan fingerprint density at radius 2 is 1.68 bits per heavy atom. The zero-order valence-corrected chi connectivity index (χ0v) is 15.1. The van der Waals surface area contributed by atoms with Crippen molar-refractivity contribution < 1.29 is 24.3 Å². The van der Waals surface area contributed by atoms with Crippen molar-refractivity contribution in [2.75, 3.05) is 5.32 Å². The van der Waals surface area contributed by atoms with Gasteiger partial charge < -0.3 is 21.5 Å². The molecule has 0 saturated heterocycles. The Hall–Kier alpha value is -3.99. The summed E-state index contributed by atoms with van der Waals surface area (Å²) in [7, 11) is 0. The minimum atomic E-state index is -1.18. The first-order chi connectivity index (χ1) is 13.2. The molecule has 28 heavy (non-hydrogen) atoms. The monoisotopic (exact) mass is 401 g/mol. The van der Waals surface area contributed by atoms with Crippen LogP contribution >= 0.6 is 11.3 Å². The van der Waals surface area contributed by atoms with Crippen LogP contribution in [0, 0.1) is 0 Å². The third-order valence-electron chi connectivity index (χ3n) is 3.22. The van der Waals surface area contributed by atoms with Gasteiger partial charge in [-0.1, -0.05) is 13.2 Å². The van der Waals surface area contributed by atoms with Crippen molar-refractivity contribution >= 4 is 40.8 Å². The third kappa shape index (κ3) is 5.25. The van der Waals surface area contributed by atoms with Crippen molar-refractivity contribution in [1.82, 2.24) is 15.6 Å². The lowest BCUT2D eigenvalue weighted by molar-refractivity contribution is -0.120. The first-order valence-electron chi connectivity index (χ1n) is 7.53. The lowest BCUT2D eigenvalue weighted by atomic mass is 10.2. The molecule has 0 aliphatic carbocycles. The van der Waals surface area contributed by atoms with Gasteiger partial charge in [-0.2, -0.15) is 0 Å². The number of hydrogen-bond donors (Lipinski definition) is 5. The highest BCUT2D eigenvalue weighted by Crippen LogP contribution is 2.25. The van der Waals surface area contributed by atoms with Crippen molar-refractivity contribution in [1.29, 1.82) is 0 Å². The fourth-order valence-corrected chi connectivity index (χ4v) is 2.67. The first-order valence-corrected chi connectivity index (χ1v) is 8.41. The molecule has 0 fully saturated rings. The molecule has 2 rings (SSSR count). The van der Waals surface area contributed by atoms with Gasteiger partial charge in [0.2, 0.25) is 0 Å². The Bertz CT molecular complexity index is 980. The molecule has 0 aliphatic rings. The largest absolute Gasteiger partial charge is 0.465 e. The lowest BCUT2D eigenvalue weighted by Crippen LogP contribution is -2.36. The van der Waals surface area contributed by atoms with Crippen molar-refractivity contribution in [3.8, 4) is 10.6 Å². The number of rotatable bonds is 7. The Morgan fingerprint density at radius 3 is 2.25 bits per heavy atom. The SMILES string of the molecule is C=C(NC(=O)C(=C)NC(=O)c1csc(-c2ccc(NC(=O)O)cc2)n1)C(N)=O. The number of carboxylic acid groups (broad SMARTS) is 1. The second-order valence-corrected chi connectivity index (χ2v) is 6.13. The molecule has 0 unspecified atom stereocenters. The Morgan fingerprint density at radius 1 is 1.04 bits per heavy atom. The molecule has 0 spiro atoms. The summed E-state index contributed by atoms with van der Waals surface area (Å²) in [6, 6.07) is 6.41. The number of thiazole rings is 1. The van der Waals surface area contributed by atoms with E-state index in [-0.39, 0.29) is 17.1 Å². The topological polar surface area (TPSA) is 164 Å². The van der Waals surface area contributed by atoms with E-state index in [0.717, 1.165) is 0 Å². The number of nitrogens with two attached hydrogens (primary N) is 1. The third-order valence-corrected chi connectivity index (χ3v) is 4.11. The predicted octanol–water partition coefficient (Wildman–Crippen LogP) is 1.26. The quantitative estimate of drug-likeness (QED) is 0.438. The molecule has 10 nitrogen and oxygen atoms in total. The Labute approximate surface area is 162 Å². The molecule has 1 aromatic carbocycles. The molecule has 0 saturated carbocycles. The minimum absolute atomic E-state index is 0.0513. The molecule has 6 N–H and O–H groups in total. The molecule has 144 valence electrons. The number of carbonyl (C=O) groups excluding carboxylic acids is 3. The van der Waals surface area contributed by atoms with Gasteiger partial charge in [0.15, 0.2) is 0 Å². The van der Waals surface area contributed by atoms with Crippen LogP contribution in [0.3, 0.4) is 0 Å². The zero-order chi connectivity index (χ0) is 20.8. The first kappa shape index (κ1) is 20.3. The molecule has 0 bridgehead atoms. The van der Waals surface area contributed by atoms with Gasteiger partial charge in [-0.15, -0.1) is 11.3 Å². The van der Waals surface area contributed by atoms with Crippen molar-refractivity contribution in [2.24, 2.45) is 5.73 Å². The number of aromatic nitrogens is 1. The molecule has 1 heterocycles. The standard InChI is InChI=1S/C17H15N5O5S/c1-8(13(18)23)19-14(24)9(2)20-15(25)12-7-28-16(22-12)10-3-5-11(6-4-10)21-17(26)27/h3-7,21H,1-2H2,(H2,18,23)(H,19,24)(H,20,25)(H,26,27). The van der Waals surface area contributed by atoms with E-state index in [1.807, 2.05) is 0 Å². The molecular formula is C17H15N5O5S. The molecular weight excluding hydrogens is 386 g/mol. The van der Waals surface area contributed by atoms with E-state index in [1.165, 1.54) is 16.7 Å². The second kappa shape index (κ2) is 8.60. The number of primary amides is 1. The second-order valence-electron chi connectivity index (χ2n) is 5.28. The van der Waals surface area contributed by atoms with Crippen molar-refractivity contribution in [3.63, 3.8) is 0 Å². The fraction of sp³-hybridized carbons (Fsp3) is 0. The van der Waals surface area contributed by atoms with Crippen LogP contribution in [0.2, 0.25) is 0 Å². The molecule has 4 amide bonds. The van der Waals surface area contributed by atoms with Crippen LogP contribution in [0.1, 0.15) is 10.5 Å². The summed E-state index contributed by atoms with van der Waals surface area (Å²) < 4.78 is 0. The summed E-state index contributed by atoms with van der Waals surface area (Å²) in [5.41, 5.74) is 5.43. The van der Waals surface area contributed by atoms with Crippen LogP contribution in [0.4, 0.5) is 10.5 Å². The van der Waals surface area contributed by atoms with E-state index in [2.05, 4.69) is 34.1 Å². The maximum absolute atomic E-state index is 12.2. The van der Waals surface area contributed by atoms with Gasteiger partial charge in [0.25, 0.3) is 17.7 Å². The number of benzene rings is 1. The van der Waals surface area contributed by atoms with Gasteiger partial charge in [-0.25, -0.2) is 9.78 Å². The molecule has 0 aliphatic heterocycles. The smallest absolute Gasteiger partial charge is 0.409 e. The van der Waals surface area contributed by atoms with Crippen LogP contribution in [0.25, 0.3) is 10.6 Å². The number of nitrogens with zero attached hydrogens (tertiary/aromatic N) is 1. The number of nitrogens with one attached hydrogen (secondary N) is 3. The van der Waals surface area contributed by atoms with E-state index in [1.54, 1.807) is 24.3 Å². The van der Waals surface area contributed by atoms with E-state index in [4.69, 9.17) is 10.8 Å². The molecule has 0 atom stereocenters. The average molecular weight is 401 g/mol. The minimum Gasteiger partial charge on any atom is -0.465 e. The number of amides is 4. The van der Waals surface area contributed by atoms with E-state index in [0.29, 0.717) is 16.3 Å². The fourth-order valence-electron chi connectivity index (χ4n) is 1.86. The van der Waals surface area contributed by atoms with E-state index < -0.39 is 23.8 Å². The van der Waals surface area contributed by atoms with Gasteiger partial charge in [-0.3, -0.25) is 19.7 Å². The molecule has 0 radical (unpaired) electrons.